The summed E-state index contributed by atoms with van der Waals surface area (Å²) in [6, 6.07) is 21.2. The number of ketones is 1. The van der Waals surface area contributed by atoms with Gasteiger partial charge >= 0.3 is 0 Å². The number of ether oxygens (including phenoxy) is 1. The summed E-state index contributed by atoms with van der Waals surface area (Å²) >= 11 is 0. The van der Waals surface area contributed by atoms with Gasteiger partial charge in [0, 0.05) is 17.3 Å². The van der Waals surface area contributed by atoms with Crippen LogP contribution in [0.3, 0.4) is 0 Å². The molecule has 0 N–H and O–H groups in total. The molecule has 3 aromatic rings. The van der Waals surface area contributed by atoms with Crippen molar-refractivity contribution in [3.05, 3.63) is 84.2 Å². The summed E-state index contributed by atoms with van der Waals surface area (Å²) in [5.41, 5.74) is 3.47. The summed E-state index contributed by atoms with van der Waals surface area (Å²) in [4.78, 5) is 15.9. The molecule has 1 aromatic heterocycles. The minimum atomic E-state index is 0.0402. The minimum Gasteiger partial charge on any atom is -0.487 e. The third-order valence-electron chi connectivity index (χ3n) is 3.57. The summed E-state index contributed by atoms with van der Waals surface area (Å²) in [6.07, 6.45) is 1.75. The molecule has 0 amide bonds. The van der Waals surface area contributed by atoms with Gasteiger partial charge in [0.05, 0.1) is 5.69 Å². The predicted molar refractivity (Wildman–Crippen MR) is 90.5 cm³/mol. The lowest BCUT2D eigenvalue weighted by atomic mass is 10.0. The molecule has 3 heteroatoms. The fourth-order valence-corrected chi connectivity index (χ4v) is 2.35. The number of carbonyl (C=O) groups excluding carboxylic acids is 1. The molecular weight excluding hydrogens is 286 g/mol. The van der Waals surface area contributed by atoms with Crippen molar-refractivity contribution in [2.24, 2.45) is 0 Å². The molecule has 0 spiro atoms. The molecule has 0 saturated heterocycles. The van der Waals surface area contributed by atoms with E-state index in [4.69, 9.17) is 4.74 Å². The third kappa shape index (κ3) is 3.64. The highest BCUT2D eigenvalue weighted by Gasteiger charge is 2.10. The molecular formula is C20H17NO2. The molecule has 0 aliphatic rings. The van der Waals surface area contributed by atoms with Crippen molar-refractivity contribution in [3.8, 4) is 16.9 Å². The molecule has 3 nitrogen and oxygen atoms in total. The maximum Gasteiger partial charge on any atom is 0.159 e. The lowest BCUT2D eigenvalue weighted by Crippen LogP contribution is -2.00. The van der Waals surface area contributed by atoms with Gasteiger partial charge in [0.25, 0.3) is 0 Å². The highest BCUT2D eigenvalue weighted by atomic mass is 16.5. The van der Waals surface area contributed by atoms with Crippen LogP contribution in [0.4, 0.5) is 0 Å². The number of pyridine rings is 1. The normalized spacial score (nSPS) is 10.3. The largest absolute Gasteiger partial charge is 0.487 e. The molecule has 23 heavy (non-hydrogen) atoms. The molecule has 0 radical (unpaired) electrons. The average molecular weight is 303 g/mol. The van der Waals surface area contributed by atoms with Crippen molar-refractivity contribution in [2.75, 3.05) is 0 Å². The Bertz CT molecular complexity index is 798. The SMILES string of the molecule is CC(=O)c1ccc(OCc2ccccn2)c(-c2ccccc2)c1. The Hall–Kier alpha value is -2.94. The highest BCUT2D eigenvalue weighted by Crippen LogP contribution is 2.31. The van der Waals surface area contributed by atoms with E-state index in [-0.39, 0.29) is 5.78 Å². The maximum atomic E-state index is 11.7. The van der Waals surface area contributed by atoms with E-state index in [0.29, 0.717) is 12.2 Å². The first-order chi connectivity index (χ1) is 11.2. The second-order valence-electron chi connectivity index (χ2n) is 5.24. The van der Waals surface area contributed by atoms with E-state index < -0.39 is 0 Å². The summed E-state index contributed by atoms with van der Waals surface area (Å²) in [5, 5.41) is 0. The minimum absolute atomic E-state index is 0.0402. The predicted octanol–water partition coefficient (Wildman–Crippen LogP) is 4.53. The monoisotopic (exact) mass is 303 g/mol. The molecule has 1 heterocycles. The molecule has 0 atom stereocenters. The summed E-state index contributed by atoms with van der Waals surface area (Å²) in [5.74, 6) is 0.783. The first-order valence-corrected chi connectivity index (χ1v) is 7.47. The van der Waals surface area contributed by atoms with Crippen LogP contribution in [0.1, 0.15) is 23.0 Å². The zero-order valence-corrected chi connectivity index (χ0v) is 12.9. The molecule has 2 aromatic carbocycles. The van der Waals surface area contributed by atoms with E-state index in [2.05, 4.69) is 4.98 Å². The Labute approximate surface area is 135 Å². The van der Waals surface area contributed by atoms with E-state index in [0.717, 1.165) is 22.6 Å². The number of rotatable bonds is 5. The van der Waals surface area contributed by atoms with Crippen LogP contribution >= 0.6 is 0 Å². The maximum absolute atomic E-state index is 11.7. The van der Waals surface area contributed by atoms with Crippen molar-refractivity contribution >= 4 is 5.78 Å². The number of aromatic nitrogens is 1. The molecule has 114 valence electrons. The summed E-state index contributed by atoms with van der Waals surface area (Å²) in [6.45, 7) is 1.96. The van der Waals surface area contributed by atoms with Gasteiger partial charge in [0.2, 0.25) is 0 Å². The van der Waals surface area contributed by atoms with Gasteiger partial charge in [0.15, 0.2) is 5.78 Å². The van der Waals surface area contributed by atoms with E-state index in [9.17, 15) is 4.79 Å². The van der Waals surface area contributed by atoms with Crippen LogP contribution in [0, 0.1) is 0 Å². The third-order valence-corrected chi connectivity index (χ3v) is 3.57. The van der Waals surface area contributed by atoms with Gasteiger partial charge in [-0.15, -0.1) is 0 Å². The van der Waals surface area contributed by atoms with Crippen LogP contribution in [-0.2, 0) is 6.61 Å². The Morgan fingerprint density at radius 2 is 1.78 bits per heavy atom. The number of Topliss-reactive ketones (excluding diaryl/α,β-unsaturated/α-hetero) is 1. The van der Waals surface area contributed by atoms with Gasteiger partial charge in [0.1, 0.15) is 12.4 Å². The van der Waals surface area contributed by atoms with Crippen LogP contribution in [0.2, 0.25) is 0 Å². The molecule has 0 aliphatic carbocycles. The standard InChI is InChI=1S/C20H17NO2/c1-15(22)17-10-11-20(23-14-18-9-5-6-12-21-18)19(13-17)16-7-3-2-4-8-16/h2-13H,14H2,1H3. The van der Waals surface area contributed by atoms with Crippen molar-refractivity contribution in [1.29, 1.82) is 0 Å². The van der Waals surface area contributed by atoms with Gasteiger partial charge in [-0.25, -0.2) is 0 Å². The van der Waals surface area contributed by atoms with Crippen LogP contribution in [-0.4, -0.2) is 10.8 Å². The zero-order valence-electron chi connectivity index (χ0n) is 12.9. The Morgan fingerprint density at radius 3 is 2.48 bits per heavy atom. The summed E-state index contributed by atoms with van der Waals surface area (Å²) < 4.78 is 5.94. The number of carbonyl (C=O) groups is 1. The van der Waals surface area contributed by atoms with Crippen molar-refractivity contribution in [3.63, 3.8) is 0 Å². The van der Waals surface area contributed by atoms with Gasteiger partial charge in [-0.2, -0.15) is 0 Å². The van der Waals surface area contributed by atoms with Crippen molar-refractivity contribution in [1.82, 2.24) is 4.98 Å². The molecule has 0 bridgehead atoms. The topological polar surface area (TPSA) is 39.2 Å². The van der Waals surface area contributed by atoms with E-state index in [1.54, 1.807) is 19.2 Å². The quantitative estimate of drug-likeness (QED) is 0.650. The van der Waals surface area contributed by atoms with Crippen LogP contribution < -0.4 is 4.74 Å². The summed E-state index contributed by atoms with van der Waals surface area (Å²) in [7, 11) is 0. The molecule has 0 fully saturated rings. The number of hydrogen-bond acceptors (Lipinski definition) is 3. The number of benzene rings is 2. The number of hydrogen-bond donors (Lipinski definition) is 0. The smallest absolute Gasteiger partial charge is 0.159 e. The van der Waals surface area contributed by atoms with Gasteiger partial charge < -0.3 is 4.74 Å². The second-order valence-corrected chi connectivity index (χ2v) is 5.24. The van der Waals surface area contributed by atoms with Gasteiger partial charge in [-0.1, -0.05) is 36.4 Å². The Balaban J connectivity index is 1.94. The van der Waals surface area contributed by atoms with E-state index >= 15 is 0 Å². The highest BCUT2D eigenvalue weighted by molar-refractivity contribution is 5.96. The first kappa shape index (κ1) is 15.0. The Morgan fingerprint density at radius 1 is 1.00 bits per heavy atom. The van der Waals surface area contributed by atoms with E-state index in [1.807, 2.05) is 60.7 Å². The van der Waals surface area contributed by atoms with Crippen LogP contribution in [0.5, 0.6) is 5.75 Å². The molecule has 3 rings (SSSR count). The Kier molecular flexibility index (Phi) is 4.48. The molecule has 0 unspecified atom stereocenters. The van der Waals surface area contributed by atoms with Crippen LogP contribution in [0.15, 0.2) is 72.9 Å². The molecule has 0 aliphatic heterocycles. The average Bonchev–Trinajstić information content (AvgIpc) is 2.61. The van der Waals surface area contributed by atoms with E-state index in [1.165, 1.54) is 0 Å². The van der Waals surface area contributed by atoms with Gasteiger partial charge in [-0.05, 0) is 42.8 Å². The number of nitrogens with zero attached hydrogens (tertiary/aromatic N) is 1. The van der Waals surface area contributed by atoms with Crippen molar-refractivity contribution < 1.29 is 9.53 Å². The van der Waals surface area contributed by atoms with Crippen molar-refractivity contribution in [2.45, 2.75) is 13.5 Å². The lowest BCUT2D eigenvalue weighted by molar-refractivity contribution is 0.101. The second kappa shape index (κ2) is 6.88. The van der Waals surface area contributed by atoms with Crippen LogP contribution in [0.25, 0.3) is 11.1 Å². The van der Waals surface area contributed by atoms with Gasteiger partial charge in [-0.3, -0.25) is 9.78 Å². The molecule has 0 saturated carbocycles. The first-order valence-electron chi connectivity index (χ1n) is 7.47. The fraction of sp³-hybridized carbons (Fsp3) is 0.100. The lowest BCUT2D eigenvalue weighted by Gasteiger charge is -2.13. The fourth-order valence-electron chi connectivity index (χ4n) is 2.35. The zero-order chi connectivity index (χ0) is 16.1.